The van der Waals surface area contributed by atoms with Crippen LogP contribution in [0, 0.1) is 0 Å². The third kappa shape index (κ3) is 4.31. The molecule has 0 bridgehead atoms. The van der Waals surface area contributed by atoms with Crippen molar-refractivity contribution in [2.24, 2.45) is 0 Å². The van der Waals surface area contributed by atoms with Crippen molar-refractivity contribution in [3.8, 4) is 5.69 Å². The number of benzene rings is 3. The quantitative estimate of drug-likeness (QED) is 0.380. The highest BCUT2D eigenvalue weighted by Gasteiger charge is 2.08. The third-order valence-corrected chi connectivity index (χ3v) is 5.28. The molecule has 32 heavy (non-hydrogen) atoms. The van der Waals surface area contributed by atoms with E-state index in [1.807, 2.05) is 48.8 Å². The maximum absolute atomic E-state index is 12.0. The van der Waals surface area contributed by atoms with Crippen LogP contribution >= 0.6 is 0 Å². The molecular formula is C26H22N4O2. The molecule has 0 aliphatic rings. The van der Waals surface area contributed by atoms with Gasteiger partial charge in [-0.2, -0.15) is 0 Å². The van der Waals surface area contributed by atoms with Crippen molar-refractivity contribution in [2.75, 3.05) is 5.32 Å². The van der Waals surface area contributed by atoms with Gasteiger partial charge in [0.25, 0.3) is 5.91 Å². The lowest BCUT2D eigenvalue weighted by atomic mass is 10.1. The zero-order valence-electron chi connectivity index (χ0n) is 17.4. The first kappa shape index (κ1) is 19.8. The normalized spacial score (nSPS) is 11.0. The average molecular weight is 422 g/mol. The summed E-state index contributed by atoms with van der Waals surface area (Å²) in [4.78, 5) is 16.5. The van der Waals surface area contributed by atoms with Crippen molar-refractivity contribution >= 4 is 22.6 Å². The smallest absolute Gasteiger partial charge is 0.291 e. The van der Waals surface area contributed by atoms with Gasteiger partial charge in [-0.3, -0.25) is 9.36 Å². The maximum Gasteiger partial charge on any atom is 0.291 e. The van der Waals surface area contributed by atoms with E-state index in [4.69, 9.17) is 4.42 Å². The van der Waals surface area contributed by atoms with E-state index < -0.39 is 0 Å². The molecule has 0 fully saturated rings. The maximum atomic E-state index is 12.0. The second-order valence-corrected chi connectivity index (χ2v) is 7.50. The van der Waals surface area contributed by atoms with Gasteiger partial charge < -0.3 is 15.1 Å². The van der Waals surface area contributed by atoms with Crippen LogP contribution in [0.1, 0.15) is 21.7 Å². The van der Waals surface area contributed by atoms with Crippen molar-refractivity contribution in [1.82, 2.24) is 14.9 Å². The molecule has 0 unspecified atom stereocenters. The van der Waals surface area contributed by atoms with Crippen LogP contribution in [0.5, 0.6) is 0 Å². The van der Waals surface area contributed by atoms with Gasteiger partial charge in [-0.15, -0.1) is 0 Å². The van der Waals surface area contributed by atoms with Crippen LogP contribution in [-0.4, -0.2) is 15.5 Å². The zero-order chi connectivity index (χ0) is 21.8. The van der Waals surface area contributed by atoms with Crippen LogP contribution in [-0.2, 0) is 13.1 Å². The third-order valence-electron chi connectivity index (χ3n) is 5.28. The average Bonchev–Trinajstić information content (AvgIpc) is 3.51. The minimum atomic E-state index is -0.256. The van der Waals surface area contributed by atoms with Crippen LogP contribution in [0.3, 0.4) is 0 Å². The second-order valence-electron chi connectivity index (χ2n) is 7.50. The molecule has 0 saturated heterocycles. The number of fused-ring (bicyclic) bond motifs is 1. The Morgan fingerprint density at radius 1 is 0.844 bits per heavy atom. The molecule has 2 aromatic heterocycles. The highest BCUT2D eigenvalue weighted by Crippen LogP contribution is 2.18. The first-order valence-electron chi connectivity index (χ1n) is 10.4. The van der Waals surface area contributed by atoms with Gasteiger partial charge in [0.1, 0.15) is 6.33 Å². The summed E-state index contributed by atoms with van der Waals surface area (Å²) in [5.41, 5.74) is 6.27. The Morgan fingerprint density at radius 3 is 2.28 bits per heavy atom. The summed E-state index contributed by atoms with van der Waals surface area (Å²) in [7, 11) is 0. The Bertz CT molecular complexity index is 1320. The van der Waals surface area contributed by atoms with E-state index in [0.717, 1.165) is 41.1 Å². The first-order chi connectivity index (χ1) is 15.8. The van der Waals surface area contributed by atoms with E-state index in [1.54, 1.807) is 12.1 Å². The van der Waals surface area contributed by atoms with Gasteiger partial charge in [0.2, 0.25) is 0 Å². The van der Waals surface area contributed by atoms with Gasteiger partial charge in [0, 0.05) is 24.5 Å². The fraction of sp³-hybridized carbons (Fsp3) is 0.0769. The molecule has 158 valence electrons. The molecule has 2 heterocycles. The van der Waals surface area contributed by atoms with Crippen molar-refractivity contribution in [2.45, 2.75) is 13.1 Å². The van der Waals surface area contributed by atoms with Gasteiger partial charge in [-0.1, -0.05) is 36.4 Å². The summed E-state index contributed by atoms with van der Waals surface area (Å²) < 4.78 is 7.20. The Hall–Kier alpha value is -4.16. The van der Waals surface area contributed by atoms with E-state index >= 15 is 0 Å². The SMILES string of the molecule is O=C(Nc1ccc(CNCc2ccc(-n3cnc4ccccc43)cc2)cc1)c1ccco1. The van der Waals surface area contributed by atoms with Gasteiger partial charge in [-0.25, -0.2) is 4.98 Å². The topological polar surface area (TPSA) is 72.1 Å². The molecule has 0 atom stereocenters. The highest BCUT2D eigenvalue weighted by atomic mass is 16.3. The van der Waals surface area contributed by atoms with Crippen LogP contribution < -0.4 is 10.6 Å². The number of rotatable bonds is 7. The predicted octanol–water partition coefficient (Wildman–Crippen LogP) is 5.16. The van der Waals surface area contributed by atoms with Crippen molar-refractivity contribution < 1.29 is 9.21 Å². The molecule has 0 aliphatic heterocycles. The number of aromatic nitrogens is 2. The second kappa shape index (κ2) is 8.91. The lowest BCUT2D eigenvalue weighted by Gasteiger charge is -2.09. The number of carbonyl (C=O) groups excluding carboxylic acids is 1. The van der Waals surface area contributed by atoms with Crippen LogP contribution in [0.15, 0.2) is 102 Å². The van der Waals surface area contributed by atoms with Crippen LogP contribution in [0.4, 0.5) is 5.69 Å². The molecule has 6 nitrogen and oxygen atoms in total. The number of para-hydroxylation sites is 2. The number of hydrogen-bond donors (Lipinski definition) is 2. The highest BCUT2D eigenvalue weighted by molar-refractivity contribution is 6.02. The number of anilines is 1. The zero-order valence-corrected chi connectivity index (χ0v) is 17.4. The van der Waals surface area contributed by atoms with E-state index in [2.05, 4.69) is 50.5 Å². The van der Waals surface area contributed by atoms with Crippen LogP contribution in [0.25, 0.3) is 16.7 Å². The summed E-state index contributed by atoms with van der Waals surface area (Å²) in [6.07, 6.45) is 3.34. The molecule has 0 spiro atoms. The molecule has 0 aliphatic carbocycles. The van der Waals surface area contributed by atoms with Gasteiger partial charge in [0.15, 0.2) is 5.76 Å². The lowest BCUT2D eigenvalue weighted by Crippen LogP contribution is -2.13. The van der Waals surface area contributed by atoms with E-state index in [9.17, 15) is 4.79 Å². The summed E-state index contributed by atoms with van der Waals surface area (Å²) in [5, 5.41) is 6.28. The summed E-state index contributed by atoms with van der Waals surface area (Å²) >= 11 is 0. The number of imidazole rings is 1. The molecule has 5 rings (SSSR count). The molecule has 1 amide bonds. The van der Waals surface area contributed by atoms with Crippen molar-refractivity contribution in [3.63, 3.8) is 0 Å². The Labute approximate surface area is 185 Å². The molecule has 0 radical (unpaired) electrons. The molecule has 0 saturated carbocycles. The largest absolute Gasteiger partial charge is 0.459 e. The number of carbonyl (C=O) groups is 1. The monoisotopic (exact) mass is 422 g/mol. The molecule has 5 aromatic rings. The first-order valence-corrected chi connectivity index (χ1v) is 10.4. The van der Waals surface area contributed by atoms with E-state index in [1.165, 1.54) is 11.8 Å². The Kier molecular flexibility index (Phi) is 5.51. The Morgan fingerprint density at radius 2 is 1.56 bits per heavy atom. The van der Waals surface area contributed by atoms with Crippen molar-refractivity contribution in [3.05, 3.63) is 114 Å². The fourth-order valence-corrected chi connectivity index (χ4v) is 3.60. The number of furan rings is 1. The van der Waals surface area contributed by atoms with Crippen molar-refractivity contribution in [1.29, 1.82) is 0 Å². The minimum absolute atomic E-state index is 0.256. The summed E-state index contributed by atoms with van der Waals surface area (Å²) in [5.74, 6) is 0.0380. The Balaban J connectivity index is 1.15. The number of amides is 1. The minimum Gasteiger partial charge on any atom is -0.459 e. The predicted molar refractivity (Wildman–Crippen MR) is 125 cm³/mol. The number of nitrogens with one attached hydrogen (secondary N) is 2. The van der Waals surface area contributed by atoms with E-state index in [0.29, 0.717) is 5.76 Å². The molecular weight excluding hydrogens is 400 g/mol. The van der Waals surface area contributed by atoms with Gasteiger partial charge in [0.05, 0.1) is 17.3 Å². The lowest BCUT2D eigenvalue weighted by molar-refractivity contribution is 0.0996. The number of nitrogens with zero attached hydrogens (tertiary/aromatic N) is 2. The molecule has 6 heteroatoms. The van der Waals surface area contributed by atoms with Crippen LogP contribution in [0.2, 0.25) is 0 Å². The molecule has 3 aromatic carbocycles. The number of hydrogen-bond acceptors (Lipinski definition) is 4. The van der Waals surface area contributed by atoms with Gasteiger partial charge >= 0.3 is 0 Å². The molecule has 2 N–H and O–H groups in total. The van der Waals surface area contributed by atoms with E-state index in [-0.39, 0.29) is 5.91 Å². The summed E-state index contributed by atoms with van der Waals surface area (Å²) in [6, 6.07) is 27.7. The fourth-order valence-electron chi connectivity index (χ4n) is 3.60. The standard InChI is InChI=1S/C26H22N4O2/c31-26(25-6-3-15-32-25)29-21-11-7-19(8-12-21)16-27-17-20-9-13-22(14-10-20)30-18-28-23-4-1-2-5-24(23)30/h1-15,18,27H,16-17H2,(H,29,31). The van der Waals surface area contributed by atoms with Gasteiger partial charge in [-0.05, 0) is 59.7 Å². The summed E-state index contributed by atoms with van der Waals surface area (Å²) in [6.45, 7) is 1.50.